The number of hydrogen-bond donors (Lipinski definition) is 0. The van der Waals surface area contributed by atoms with Crippen LogP contribution in [0.5, 0.6) is 0 Å². The van der Waals surface area contributed by atoms with Crippen molar-refractivity contribution in [2.45, 2.75) is 85.2 Å². The molecule has 3 saturated carbocycles. The van der Waals surface area contributed by atoms with Gasteiger partial charge in [-0.25, -0.2) is 0 Å². The van der Waals surface area contributed by atoms with Gasteiger partial charge in [0.25, 0.3) is 0 Å². The van der Waals surface area contributed by atoms with Gasteiger partial charge in [0.05, 0.1) is 6.10 Å². The van der Waals surface area contributed by atoms with Crippen molar-refractivity contribution in [2.24, 2.45) is 34.5 Å². The maximum Gasteiger partial charge on any atom is 0.133 e. The highest BCUT2D eigenvalue weighted by atomic mass is 16.5. The Morgan fingerprint density at radius 3 is 2.35 bits per heavy atom. The number of rotatable bonds is 2. The number of ketones is 1. The maximum absolute atomic E-state index is 12.2. The number of aryl methyl sites for hydroxylation is 1. The Morgan fingerprint density at radius 2 is 1.74 bits per heavy atom. The van der Waals surface area contributed by atoms with Crippen molar-refractivity contribution in [1.82, 2.24) is 0 Å². The molecule has 2 heteroatoms. The Hall–Kier alpha value is -1.41. The van der Waals surface area contributed by atoms with E-state index in [-0.39, 0.29) is 5.41 Å². The fraction of sp³-hybridized carbons (Fsp3) is 0.690. The van der Waals surface area contributed by atoms with E-state index >= 15 is 0 Å². The number of benzene rings is 1. The van der Waals surface area contributed by atoms with E-state index in [0.717, 1.165) is 30.6 Å². The first-order valence-corrected chi connectivity index (χ1v) is 12.5. The smallest absolute Gasteiger partial charge is 0.133 e. The molecule has 0 aromatic heterocycles. The molecule has 0 N–H and O–H groups in total. The average molecular weight is 423 g/mol. The highest BCUT2D eigenvalue weighted by Crippen LogP contribution is 2.66. The van der Waals surface area contributed by atoms with Gasteiger partial charge >= 0.3 is 0 Å². The number of Topliss-reactive ketones (excluding diaryl/α,β-unsaturated/α-hetero) is 1. The Kier molecular flexibility index (Phi) is 6.50. The van der Waals surface area contributed by atoms with Gasteiger partial charge in [-0.05, 0) is 93.8 Å². The van der Waals surface area contributed by atoms with Crippen LogP contribution in [0.3, 0.4) is 0 Å². The monoisotopic (exact) mass is 422 g/mol. The third kappa shape index (κ3) is 4.06. The molecule has 0 amide bonds. The highest BCUT2D eigenvalue weighted by molar-refractivity contribution is 5.79. The second-order valence-corrected chi connectivity index (χ2v) is 11.3. The molecule has 2 nitrogen and oxygen atoms in total. The fourth-order valence-electron chi connectivity index (χ4n) is 8.03. The molecule has 0 radical (unpaired) electrons. The molecule has 0 spiro atoms. The number of carbonyl (C=O) groups excluding carboxylic acids is 1. The molecule has 0 bridgehead atoms. The summed E-state index contributed by atoms with van der Waals surface area (Å²) in [7, 11) is 1.87. The van der Waals surface area contributed by atoms with Crippen LogP contribution in [0.15, 0.2) is 42.0 Å². The lowest BCUT2D eigenvalue weighted by molar-refractivity contribution is -0.127. The van der Waals surface area contributed by atoms with Gasteiger partial charge in [-0.2, -0.15) is 0 Å². The molecule has 3 fully saturated rings. The molecule has 3 unspecified atom stereocenters. The predicted octanol–water partition coefficient (Wildman–Crippen LogP) is 7.16. The van der Waals surface area contributed by atoms with Crippen LogP contribution >= 0.6 is 0 Å². The van der Waals surface area contributed by atoms with Gasteiger partial charge < -0.3 is 4.74 Å². The number of methoxy groups -OCH3 is 1. The summed E-state index contributed by atoms with van der Waals surface area (Å²) in [5.41, 5.74) is 3.68. The number of allylic oxidation sites excluding steroid dienone is 1. The summed E-state index contributed by atoms with van der Waals surface area (Å²) in [6.45, 7) is 8.90. The van der Waals surface area contributed by atoms with Gasteiger partial charge in [0.1, 0.15) is 5.78 Å². The second-order valence-electron chi connectivity index (χ2n) is 11.3. The lowest BCUT2D eigenvalue weighted by Crippen LogP contribution is -2.51. The van der Waals surface area contributed by atoms with E-state index < -0.39 is 0 Å². The van der Waals surface area contributed by atoms with Gasteiger partial charge in [-0.1, -0.05) is 61.4 Å². The zero-order valence-electron chi connectivity index (χ0n) is 20.3. The van der Waals surface area contributed by atoms with Gasteiger partial charge in [0.15, 0.2) is 0 Å². The van der Waals surface area contributed by atoms with Crippen molar-refractivity contribution in [1.29, 1.82) is 0 Å². The number of fused-ring (bicyclic) bond motifs is 5. The first kappa shape index (κ1) is 22.8. The van der Waals surface area contributed by atoms with E-state index in [2.05, 4.69) is 39.0 Å². The minimum Gasteiger partial charge on any atom is -0.381 e. The number of ether oxygens (including phenoxy) is 1. The Labute approximate surface area is 189 Å². The molecular weight excluding hydrogens is 380 g/mol. The molecule has 0 saturated heterocycles. The summed E-state index contributed by atoms with van der Waals surface area (Å²) >= 11 is 0. The van der Waals surface area contributed by atoms with E-state index in [0.29, 0.717) is 23.2 Å². The molecule has 7 atom stereocenters. The molecule has 4 aliphatic carbocycles. The fourth-order valence-corrected chi connectivity index (χ4v) is 8.03. The predicted molar refractivity (Wildman–Crippen MR) is 128 cm³/mol. The van der Waals surface area contributed by atoms with Crippen molar-refractivity contribution in [3.05, 3.63) is 47.5 Å². The molecule has 1 aromatic carbocycles. The molecule has 170 valence electrons. The van der Waals surface area contributed by atoms with Crippen molar-refractivity contribution in [2.75, 3.05) is 7.11 Å². The van der Waals surface area contributed by atoms with Crippen LogP contribution in [-0.4, -0.2) is 19.0 Å². The summed E-state index contributed by atoms with van der Waals surface area (Å²) in [6.07, 6.45) is 12.9. The summed E-state index contributed by atoms with van der Waals surface area (Å²) < 4.78 is 5.67. The summed E-state index contributed by atoms with van der Waals surface area (Å²) in [4.78, 5) is 12.2. The molecule has 31 heavy (non-hydrogen) atoms. The zero-order valence-corrected chi connectivity index (χ0v) is 20.3. The Balaban J connectivity index is 0.000000282. The summed E-state index contributed by atoms with van der Waals surface area (Å²) in [5.74, 6) is 3.17. The first-order chi connectivity index (χ1) is 14.8. The van der Waals surface area contributed by atoms with Gasteiger partial charge in [0.2, 0.25) is 0 Å². The van der Waals surface area contributed by atoms with Gasteiger partial charge in [-0.3, -0.25) is 4.79 Å². The van der Waals surface area contributed by atoms with Crippen LogP contribution in [0.2, 0.25) is 0 Å². The van der Waals surface area contributed by atoms with E-state index in [4.69, 9.17) is 4.74 Å². The third-order valence-electron chi connectivity index (χ3n) is 9.82. The molecule has 4 aliphatic rings. The molecular formula is C29H42O2. The maximum atomic E-state index is 12.2. The van der Waals surface area contributed by atoms with Crippen molar-refractivity contribution >= 4 is 5.78 Å². The standard InChI is InChI=1S/C22H34O2.C7H8/c1-14(23)18-7-8-19-17-6-5-15-13-16(24-4)9-11-21(15,2)20(17)10-12-22(18,19)3;1-7-5-3-2-4-6-7/h5,16-20H,6-13H2,1-4H3;2-6H,1H3/t16-,17?,18+,19?,20?,21-,22+;/m0./s1. The van der Waals surface area contributed by atoms with E-state index in [1.54, 1.807) is 5.57 Å². The summed E-state index contributed by atoms with van der Waals surface area (Å²) in [5, 5.41) is 0. The van der Waals surface area contributed by atoms with Crippen molar-refractivity contribution < 1.29 is 9.53 Å². The highest BCUT2D eigenvalue weighted by Gasteiger charge is 2.59. The molecule has 5 rings (SSSR count). The minimum atomic E-state index is 0.276. The zero-order chi connectivity index (χ0) is 22.2. The van der Waals surface area contributed by atoms with Crippen molar-refractivity contribution in [3.8, 4) is 0 Å². The molecule has 1 aromatic rings. The normalized spacial score (nSPS) is 41.1. The SMILES string of the molecule is CO[C@H]1CC[C@@]2(C)C(=CCC3C2CC[C@@]2(C)C3CC[C@@H]2C(C)=O)C1.Cc1ccccc1. The van der Waals surface area contributed by atoms with E-state index in [9.17, 15) is 4.79 Å². The largest absolute Gasteiger partial charge is 0.381 e. The molecule has 0 aliphatic heterocycles. The van der Waals surface area contributed by atoms with E-state index in [1.807, 2.05) is 32.2 Å². The van der Waals surface area contributed by atoms with Gasteiger partial charge in [0, 0.05) is 13.0 Å². The van der Waals surface area contributed by atoms with Crippen LogP contribution in [0, 0.1) is 41.4 Å². The lowest BCUT2D eigenvalue weighted by atomic mass is 9.47. The van der Waals surface area contributed by atoms with Gasteiger partial charge in [-0.15, -0.1) is 0 Å². The number of hydrogen-bond acceptors (Lipinski definition) is 2. The van der Waals surface area contributed by atoms with Crippen LogP contribution in [0.25, 0.3) is 0 Å². The second kappa shape index (κ2) is 8.85. The average Bonchev–Trinajstić information content (AvgIpc) is 3.12. The number of carbonyl (C=O) groups is 1. The minimum absolute atomic E-state index is 0.276. The molecule has 0 heterocycles. The van der Waals surface area contributed by atoms with Crippen LogP contribution in [0.4, 0.5) is 0 Å². The lowest BCUT2D eigenvalue weighted by Gasteiger charge is -2.58. The third-order valence-corrected chi connectivity index (χ3v) is 9.82. The quantitative estimate of drug-likeness (QED) is 0.472. The topological polar surface area (TPSA) is 26.3 Å². The van der Waals surface area contributed by atoms with Crippen LogP contribution in [0.1, 0.15) is 77.7 Å². The first-order valence-electron chi connectivity index (χ1n) is 12.5. The van der Waals surface area contributed by atoms with E-state index in [1.165, 1.54) is 44.1 Å². The Bertz CT molecular complexity index is 811. The van der Waals surface area contributed by atoms with Crippen LogP contribution < -0.4 is 0 Å². The van der Waals surface area contributed by atoms with Crippen molar-refractivity contribution in [3.63, 3.8) is 0 Å². The Morgan fingerprint density at radius 1 is 1.00 bits per heavy atom. The van der Waals surface area contributed by atoms with Crippen LogP contribution in [-0.2, 0) is 9.53 Å². The summed E-state index contributed by atoms with van der Waals surface area (Å²) in [6, 6.07) is 10.3.